The lowest BCUT2D eigenvalue weighted by Crippen LogP contribution is -2.48. The molecule has 1 unspecified atom stereocenters. The minimum absolute atomic E-state index is 0.0705. The Hall–Kier alpha value is -3.16. The molecule has 2 aromatic rings. The number of amides is 2. The molecule has 3 N–H and O–H groups in total. The fourth-order valence-corrected chi connectivity index (χ4v) is 3.32. The van der Waals surface area contributed by atoms with Crippen LogP contribution in [-0.2, 0) is 17.4 Å². The van der Waals surface area contributed by atoms with E-state index < -0.39 is 5.54 Å². The molecule has 1 aromatic heterocycles. The molecule has 1 atom stereocenters. The van der Waals surface area contributed by atoms with Gasteiger partial charge in [0.25, 0.3) is 5.91 Å². The fourth-order valence-electron chi connectivity index (χ4n) is 3.32. The van der Waals surface area contributed by atoms with Crippen molar-refractivity contribution in [2.75, 3.05) is 12.4 Å². The zero-order chi connectivity index (χ0) is 19.6. The van der Waals surface area contributed by atoms with Gasteiger partial charge in [0.05, 0.1) is 12.0 Å². The highest BCUT2D eigenvalue weighted by Crippen LogP contribution is 2.38. The molecule has 2 amide bonds. The van der Waals surface area contributed by atoms with Gasteiger partial charge in [0, 0.05) is 26.0 Å². The quantitative estimate of drug-likeness (QED) is 0.840. The number of benzene rings is 1. The number of anilines is 1. The van der Waals surface area contributed by atoms with Crippen molar-refractivity contribution in [2.24, 2.45) is 17.8 Å². The molecule has 2 heterocycles. The van der Waals surface area contributed by atoms with Crippen LogP contribution in [0.4, 0.5) is 5.69 Å². The summed E-state index contributed by atoms with van der Waals surface area (Å²) in [4.78, 5) is 30.8. The van der Waals surface area contributed by atoms with Gasteiger partial charge in [0.1, 0.15) is 0 Å². The SMILES string of the molecule is CCCC1(c2cccc(NC(=O)c3ccn(C)n3)c2)CC(=O)N(C)C(N)=N1. The molecule has 3 rings (SSSR count). The molecule has 1 aliphatic rings. The molecule has 8 nitrogen and oxygen atoms in total. The average molecular weight is 368 g/mol. The van der Waals surface area contributed by atoms with E-state index in [-0.39, 0.29) is 24.2 Å². The first-order chi connectivity index (χ1) is 12.8. The van der Waals surface area contributed by atoms with Gasteiger partial charge in [-0.3, -0.25) is 19.2 Å². The number of rotatable bonds is 5. The topological polar surface area (TPSA) is 106 Å². The number of hydrogen-bond acceptors (Lipinski definition) is 5. The minimum atomic E-state index is -0.714. The van der Waals surface area contributed by atoms with E-state index in [9.17, 15) is 9.59 Å². The Morgan fingerprint density at radius 1 is 1.33 bits per heavy atom. The van der Waals surface area contributed by atoms with Crippen LogP contribution in [0.5, 0.6) is 0 Å². The number of aromatic nitrogens is 2. The van der Waals surface area contributed by atoms with E-state index in [2.05, 4.69) is 15.4 Å². The second-order valence-electron chi connectivity index (χ2n) is 6.79. The molecule has 1 aliphatic heterocycles. The number of carbonyl (C=O) groups is 2. The maximum absolute atomic E-state index is 12.4. The maximum Gasteiger partial charge on any atom is 0.276 e. The van der Waals surface area contributed by atoms with Gasteiger partial charge < -0.3 is 11.1 Å². The molecular formula is C19H24N6O2. The number of carbonyl (C=O) groups excluding carboxylic acids is 2. The summed E-state index contributed by atoms with van der Waals surface area (Å²) in [6, 6.07) is 9.06. The lowest BCUT2D eigenvalue weighted by Gasteiger charge is -2.36. The number of nitrogens with two attached hydrogens (primary N) is 1. The second-order valence-corrected chi connectivity index (χ2v) is 6.79. The van der Waals surface area contributed by atoms with Gasteiger partial charge in [-0.25, -0.2) is 4.99 Å². The third-order valence-corrected chi connectivity index (χ3v) is 4.76. The van der Waals surface area contributed by atoms with Gasteiger partial charge >= 0.3 is 0 Å². The van der Waals surface area contributed by atoms with E-state index >= 15 is 0 Å². The van der Waals surface area contributed by atoms with Gasteiger partial charge in [0.15, 0.2) is 11.7 Å². The Bertz CT molecular complexity index is 903. The van der Waals surface area contributed by atoms with Crippen LogP contribution in [0.2, 0.25) is 0 Å². The fraction of sp³-hybridized carbons (Fsp3) is 0.368. The number of aryl methyl sites for hydroxylation is 1. The van der Waals surface area contributed by atoms with Crippen molar-refractivity contribution in [1.82, 2.24) is 14.7 Å². The van der Waals surface area contributed by atoms with Crippen LogP contribution >= 0.6 is 0 Å². The summed E-state index contributed by atoms with van der Waals surface area (Å²) >= 11 is 0. The Labute approximate surface area is 158 Å². The smallest absolute Gasteiger partial charge is 0.276 e. The molecule has 0 radical (unpaired) electrons. The van der Waals surface area contributed by atoms with Gasteiger partial charge in [-0.1, -0.05) is 25.5 Å². The highest BCUT2D eigenvalue weighted by molar-refractivity contribution is 6.03. The molecular weight excluding hydrogens is 344 g/mol. The van der Waals surface area contributed by atoms with Crippen LogP contribution in [0.25, 0.3) is 0 Å². The van der Waals surface area contributed by atoms with Crippen LogP contribution in [0.3, 0.4) is 0 Å². The highest BCUT2D eigenvalue weighted by Gasteiger charge is 2.39. The first-order valence-electron chi connectivity index (χ1n) is 8.88. The number of nitrogens with one attached hydrogen (secondary N) is 1. The highest BCUT2D eigenvalue weighted by atomic mass is 16.2. The normalized spacial score (nSPS) is 19.7. The molecule has 0 saturated carbocycles. The Morgan fingerprint density at radius 2 is 2.11 bits per heavy atom. The summed E-state index contributed by atoms with van der Waals surface area (Å²) in [6.45, 7) is 2.04. The lowest BCUT2D eigenvalue weighted by molar-refractivity contribution is -0.128. The van der Waals surface area contributed by atoms with E-state index in [0.29, 0.717) is 17.8 Å². The van der Waals surface area contributed by atoms with E-state index in [4.69, 9.17) is 5.73 Å². The molecule has 8 heteroatoms. The van der Waals surface area contributed by atoms with Crippen LogP contribution in [0, 0.1) is 0 Å². The average Bonchev–Trinajstić information content (AvgIpc) is 3.07. The molecule has 0 aliphatic carbocycles. The summed E-state index contributed by atoms with van der Waals surface area (Å²) in [6.07, 6.45) is 3.49. The van der Waals surface area contributed by atoms with Crippen LogP contribution in [-0.4, -0.2) is 39.5 Å². The van der Waals surface area contributed by atoms with Gasteiger partial charge in [0.2, 0.25) is 5.91 Å². The Balaban J connectivity index is 1.93. The minimum Gasteiger partial charge on any atom is -0.369 e. The predicted molar refractivity (Wildman–Crippen MR) is 103 cm³/mol. The number of guanidine groups is 1. The summed E-state index contributed by atoms with van der Waals surface area (Å²) in [7, 11) is 3.38. The molecule has 1 aromatic carbocycles. The Kier molecular flexibility index (Phi) is 4.98. The third kappa shape index (κ3) is 3.69. The van der Waals surface area contributed by atoms with E-state index in [1.807, 2.05) is 25.1 Å². The van der Waals surface area contributed by atoms with Crippen molar-refractivity contribution in [3.8, 4) is 0 Å². The summed E-state index contributed by atoms with van der Waals surface area (Å²) in [5, 5.41) is 6.96. The Morgan fingerprint density at radius 3 is 2.74 bits per heavy atom. The van der Waals surface area contributed by atoms with Gasteiger partial charge in [-0.15, -0.1) is 0 Å². The molecule has 0 saturated heterocycles. The van der Waals surface area contributed by atoms with E-state index in [0.717, 1.165) is 12.0 Å². The second kappa shape index (κ2) is 7.22. The molecule has 0 fully saturated rings. The monoisotopic (exact) mass is 368 g/mol. The van der Waals surface area contributed by atoms with Crippen LogP contribution in [0.1, 0.15) is 42.2 Å². The zero-order valence-electron chi connectivity index (χ0n) is 15.8. The molecule has 142 valence electrons. The van der Waals surface area contributed by atoms with Crippen molar-refractivity contribution >= 4 is 23.5 Å². The maximum atomic E-state index is 12.4. The van der Waals surface area contributed by atoms with Gasteiger partial charge in [-0.05, 0) is 30.2 Å². The standard InChI is InChI=1S/C19H24N6O2/c1-4-9-19(12-16(26)25(3)18(20)22-19)13-6-5-7-14(11-13)21-17(27)15-8-10-24(2)23-15/h5-8,10-11H,4,9,12H2,1-3H3,(H2,20,22)(H,21,27). The summed E-state index contributed by atoms with van der Waals surface area (Å²) < 4.78 is 1.57. The first kappa shape index (κ1) is 18.6. The summed E-state index contributed by atoms with van der Waals surface area (Å²) in [5.41, 5.74) is 7.08. The van der Waals surface area contributed by atoms with Gasteiger partial charge in [-0.2, -0.15) is 5.10 Å². The van der Waals surface area contributed by atoms with Crippen molar-refractivity contribution in [3.63, 3.8) is 0 Å². The van der Waals surface area contributed by atoms with Crippen LogP contribution < -0.4 is 11.1 Å². The largest absolute Gasteiger partial charge is 0.369 e. The van der Waals surface area contributed by atoms with Crippen molar-refractivity contribution in [3.05, 3.63) is 47.8 Å². The lowest BCUT2D eigenvalue weighted by atomic mass is 9.81. The van der Waals surface area contributed by atoms with Crippen molar-refractivity contribution in [2.45, 2.75) is 31.7 Å². The van der Waals surface area contributed by atoms with E-state index in [1.165, 1.54) is 4.90 Å². The molecule has 0 spiro atoms. The third-order valence-electron chi connectivity index (χ3n) is 4.76. The van der Waals surface area contributed by atoms with Crippen LogP contribution in [0.15, 0.2) is 41.5 Å². The molecule has 0 bridgehead atoms. The number of nitrogens with zero attached hydrogens (tertiary/aromatic N) is 4. The first-order valence-corrected chi connectivity index (χ1v) is 8.88. The van der Waals surface area contributed by atoms with E-state index in [1.54, 1.807) is 37.1 Å². The predicted octanol–water partition coefficient (Wildman–Crippen LogP) is 1.84. The summed E-state index contributed by atoms with van der Waals surface area (Å²) in [5.74, 6) is -0.152. The zero-order valence-corrected chi connectivity index (χ0v) is 15.8. The van der Waals surface area contributed by atoms with Crippen molar-refractivity contribution in [1.29, 1.82) is 0 Å². The van der Waals surface area contributed by atoms with Crippen molar-refractivity contribution < 1.29 is 9.59 Å². The molecule has 27 heavy (non-hydrogen) atoms. The number of aliphatic imine (C=N–C) groups is 1. The number of hydrogen-bond donors (Lipinski definition) is 2.